The monoisotopic (exact) mass is 415 g/mol. The molecule has 0 aliphatic rings. The predicted octanol–water partition coefficient (Wildman–Crippen LogP) is 0.999. The minimum atomic E-state index is -0.291. The first kappa shape index (κ1) is 22.0. The zero-order valence-corrected chi connectivity index (χ0v) is 17.5. The van der Waals surface area contributed by atoms with Gasteiger partial charge in [-0.1, -0.05) is 0 Å². The van der Waals surface area contributed by atoms with E-state index in [-0.39, 0.29) is 11.1 Å². The summed E-state index contributed by atoms with van der Waals surface area (Å²) in [5, 5.41) is 18.5. The lowest BCUT2D eigenvalue weighted by atomic mass is 10.1. The second-order valence-corrected chi connectivity index (χ2v) is 6.77. The van der Waals surface area contributed by atoms with Crippen molar-refractivity contribution in [2.45, 2.75) is 13.0 Å². The third-order valence-electron chi connectivity index (χ3n) is 4.10. The zero-order valence-electron chi connectivity index (χ0n) is 16.6. The van der Waals surface area contributed by atoms with E-state index >= 15 is 0 Å². The minimum Gasteiger partial charge on any atom is -0.493 e. The molecular formula is C20H21N3O5S. The number of benzene rings is 1. The third kappa shape index (κ3) is 4.60. The van der Waals surface area contributed by atoms with Crippen molar-refractivity contribution in [1.82, 2.24) is 4.57 Å². The Morgan fingerprint density at radius 2 is 1.79 bits per heavy atom. The summed E-state index contributed by atoms with van der Waals surface area (Å²) in [5.74, 6) is 1.31. The SMILES string of the molecule is COCCCn1c(=C(C#N)C#N)sc(=Cc2ccc(OC)c(OC)c2OC)c1=O. The van der Waals surface area contributed by atoms with E-state index in [4.69, 9.17) is 18.9 Å². The van der Waals surface area contributed by atoms with Crippen LogP contribution in [0.3, 0.4) is 0 Å². The Balaban J connectivity index is 2.77. The van der Waals surface area contributed by atoms with Crippen LogP contribution in [0.15, 0.2) is 16.9 Å². The molecule has 0 bridgehead atoms. The Morgan fingerprint density at radius 1 is 1.10 bits per heavy atom. The maximum absolute atomic E-state index is 13.0. The number of rotatable bonds is 8. The Bertz CT molecular complexity index is 1120. The van der Waals surface area contributed by atoms with Crippen molar-refractivity contribution < 1.29 is 18.9 Å². The molecule has 1 aromatic heterocycles. The highest BCUT2D eigenvalue weighted by Crippen LogP contribution is 2.39. The van der Waals surface area contributed by atoms with Crippen LogP contribution >= 0.6 is 11.3 Å². The lowest BCUT2D eigenvalue weighted by Crippen LogP contribution is -2.32. The first-order valence-electron chi connectivity index (χ1n) is 8.60. The first-order chi connectivity index (χ1) is 14.1. The normalized spacial score (nSPS) is 10.9. The maximum Gasteiger partial charge on any atom is 0.269 e. The molecule has 0 aliphatic heterocycles. The Labute approximate surface area is 172 Å². The molecule has 0 aliphatic carbocycles. The summed E-state index contributed by atoms with van der Waals surface area (Å²) >= 11 is 1.08. The summed E-state index contributed by atoms with van der Waals surface area (Å²) in [6.07, 6.45) is 2.22. The summed E-state index contributed by atoms with van der Waals surface area (Å²) < 4.78 is 23.3. The highest BCUT2D eigenvalue weighted by molar-refractivity contribution is 7.07. The first-order valence-corrected chi connectivity index (χ1v) is 9.41. The topological polar surface area (TPSA) is 106 Å². The van der Waals surface area contributed by atoms with Crippen molar-refractivity contribution in [3.8, 4) is 29.4 Å². The van der Waals surface area contributed by atoms with E-state index in [1.807, 2.05) is 12.1 Å². The fraction of sp³-hybridized carbons (Fsp3) is 0.350. The minimum absolute atomic E-state index is 0.108. The molecule has 29 heavy (non-hydrogen) atoms. The van der Waals surface area contributed by atoms with Crippen LogP contribution < -0.4 is 29.0 Å². The molecule has 2 aromatic rings. The zero-order chi connectivity index (χ0) is 21.4. The highest BCUT2D eigenvalue weighted by Gasteiger charge is 2.16. The summed E-state index contributed by atoms with van der Waals surface area (Å²) in [5.41, 5.74) is 0.207. The molecule has 0 N–H and O–H groups in total. The van der Waals surface area contributed by atoms with Gasteiger partial charge in [-0.25, -0.2) is 0 Å². The van der Waals surface area contributed by atoms with E-state index in [2.05, 4.69) is 0 Å². The van der Waals surface area contributed by atoms with Crippen molar-refractivity contribution in [2.24, 2.45) is 0 Å². The quantitative estimate of drug-likeness (QED) is 0.592. The van der Waals surface area contributed by atoms with E-state index in [0.717, 1.165) is 11.3 Å². The van der Waals surface area contributed by atoms with Gasteiger partial charge in [-0.05, 0) is 24.6 Å². The maximum atomic E-state index is 13.0. The molecule has 152 valence electrons. The predicted molar refractivity (Wildman–Crippen MR) is 109 cm³/mol. The summed E-state index contributed by atoms with van der Waals surface area (Å²) in [4.78, 5) is 13.0. The van der Waals surface area contributed by atoms with Crippen LogP contribution in [0.25, 0.3) is 11.6 Å². The molecular weight excluding hydrogens is 394 g/mol. The van der Waals surface area contributed by atoms with Gasteiger partial charge in [0.05, 0.1) is 25.9 Å². The van der Waals surface area contributed by atoms with Crippen LogP contribution in [-0.4, -0.2) is 39.6 Å². The van der Waals surface area contributed by atoms with Gasteiger partial charge in [0.25, 0.3) is 5.56 Å². The smallest absolute Gasteiger partial charge is 0.269 e. The third-order valence-corrected chi connectivity index (χ3v) is 5.23. The molecule has 0 spiro atoms. The second-order valence-electron chi connectivity index (χ2n) is 5.74. The van der Waals surface area contributed by atoms with Gasteiger partial charge in [0.2, 0.25) is 5.75 Å². The van der Waals surface area contributed by atoms with Crippen molar-refractivity contribution in [3.05, 3.63) is 37.2 Å². The van der Waals surface area contributed by atoms with Crippen LogP contribution in [-0.2, 0) is 11.3 Å². The fourth-order valence-electron chi connectivity index (χ4n) is 2.78. The fourth-order valence-corrected chi connectivity index (χ4v) is 3.84. The number of aromatic nitrogens is 1. The standard InChI is InChI=1S/C20H21N3O5S/c1-25-9-5-8-23-19(24)16(29-20(23)14(11-21)12-22)10-13-6-7-15(26-2)18(28-4)17(13)27-3/h6-7,10H,5,8-9H2,1-4H3. The molecule has 0 radical (unpaired) electrons. The molecule has 0 amide bonds. The average molecular weight is 415 g/mol. The van der Waals surface area contributed by atoms with Crippen molar-refractivity contribution in [3.63, 3.8) is 0 Å². The Hall–Kier alpha value is -3.27. The van der Waals surface area contributed by atoms with Crippen molar-refractivity contribution in [2.75, 3.05) is 35.0 Å². The molecule has 8 nitrogen and oxygen atoms in total. The molecule has 0 unspecified atom stereocenters. The van der Waals surface area contributed by atoms with E-state index in [1.54, 1.807) is 25.3 Å². The van der Waals surface area contributed by atoms with Gasteiger partial charge < -0.3 is 18.9 Å². The molecule has 0 fully saturated rings. The lowest BCUT2D eigenvalue weighted by molar-refractivity contribution is 0.190. The Morgan fingerprint density at radius 3 is 2.34 bits per heavy atom. The van der Waals surface area contributed by atoms with Crippen molar-refractivity contribution >= 4 is 23.0 Å². The molecule has 1 heterocycles. The van der Waals surface area contributed by atoms with E-state index < -0.39 is 0 Å². The van der Waals surface area contributed by atoms with Gasteiger partial charge in [-0.15, -0.1) is 11.3 Å². The number of hydrogen-bond donors (Lipinski definition) is 0. The van der Waals surface area contributed by atoms with Crippen LogP contribution in [0.2, 0.25) is 0 Å². The highest BCUT2D eigenvalue weighted by atomic mass is 32.1. The number of nitrogens with zero attached hydrogens (tertiary/aromatic N) is 3. The molecule has 0 saturated heterocycles. The van der Waals surface area contributed by atoms with Gasteiger partial charge >= 0.3 is 0 Å². The van der Waals surface area contributed by atoms with Crippen LogP contribution in [0.4, 0.5) is 0 Å². The van der Waals surface area contributed by atoms with Gasteiger partial charge in [-0.3, -0.25) is 9.36 Å². The number of methoxy groups -OCH3 is 4. The van der Waals surface area contributed by atoms with Crippen LogP contribution in [0.1, 0.15) is 12.0 Å². The summed E-state index contributed by atoms with van der Waals surface area (Å²) in [7, 11) is 6.08. The van der Waals surface area contributed by atoms with Gasteiger partial charge in [0, 0.05) is 25.8 Å². The van der Waals surface area contributed by atoms with E-state index in [9.17, 15) is 15.3 Å². The molecule has 1 aromatic carbocycles. The van der Waals surface area contributed by atoms with Gasteiger partial charge in [-0.2, -0.15) is 10.5 Å². The van der Waals surface area contributed by atoms with Gasteiger partial charge in [0.15, 0.2) is 17.1 Å². The number of ether oxygens (including phenoxy) is 4. The largest absolute Gasteiger partial charge is 0.493 e. The molecule has 0 atom stereocenters. The molecule has 9 heteroatoms. The second kappa shape index (κ2) is 10.3. The van der Waals surface area contributed by atoms with Crippen LogP contribution in [0, 0.1) is 22.7 Å². The summed E-state index contributed by atoms with van der Waals surface area (Å²) in [6.45, 7) is 0.793. The molecule has 2 rings (SSSR count). The van der Waals surface area contributed by atoms with E-state index in [1.165, 1.54) is 25.9 Å². The number of hydrogen-bond acceptors (Lipinski definition) is 8. The Kier molecular flexibility index (Phi) is 7.84. The van der Waals surface area contributed by atoms with Gasteiger partial charge in [0.1, 0.15) is 16.8 Å². The number of nitriles is 2. The number of thiazole rings is 1. The lowest BCUT2D eigenvalue weighted by Gasteiger charge is -2.13. The van der Waals surface area contributed by atoms with Crippen molar-refractivity contribution in [1.29, 1.82) is 10.5 Å². The summed E-state index contributed by atoms with van der Waals surface area (Å²) in [6, 6.07) is 7.17. The molecule has 0 saturated carbocycles. The van der Waals surface area contributed by atoms with Crippen LogP contribution in [0.5, 0.6) is 17.2 Å². The van der Waals surface area contributed by atoms with E-state index in [0.29, 0.717) is 51.6 Å². The average Bonchev–Trinajstić information content (AvgIpc) is 3.04.